The van der Waals surface area contributed by atoms with Gasteiger partial charge in [0.15, 0.2) is 5.82 Å². The molecule has 0 saturated carbocycles. The van der Waals surface area contributed by atoms with Crippen molar-refractivity contribution in [2.24, 2.45) is 0 Å². The number of carbonyl (C=O) groups is 1. The summed E-state index contributed by atoms with van der Waals surface area (Å²) in [5.74, 6) is 0.417. The molecule has 0 unspecified atom stereocenters. The maximum absolute atomic E-state index is 12.4. The van der Waals surface area contributed by atoms with Crippen molar-refractivity contribution in [3.8, 4) is 17.4 Å². The van der Waals surface area contributed by atoms with Gasteiger partial charge in [-0.2, -0.15) is 14.5 Å². The molecule has 5 rings (SSSR count). The number of H-pyrrole nitrogens is 1. The number of rotatable bonds is 6. The minimum atomic E-state index is -0.403. The van der Waals surface area contributed by atoms with Crippen LogP contribution in [0.25, 0.3) is 22.3 Å². The maximum atomic E-state index is 12.4. The largest absolute Gasteiger partial charge is 0.467 e. The summed E-state index contributed by atoms with van der Waals surface area (Å²) in [5.41, 5.74) is 2.49. The van der Waals surface area contributed by atoms with E-state index in [1.165, 1.54) is 31.0 Å². The third-order valence-electron chi connectivity index (χ3n) is 4.56. The highest BCUT2D eigenvalue weighted by Gasteiger charge is 2.13. The number of ether oxygens (including phenoxy) is 1. The summed E-state index contributed by atoms with van der Waals surface area (Å²) in [6.07, 6.45) is 5.97. The van der Waals surface area contributed by atoms with E-state index in [4.69, 9.17) is 16.3 Å². The number of hydrogen-bond acceptors (Lipinski definition) is 10. The van der Waals surface area contributed by atoms with Gasteiger partial charge in [-0.3, -0.25) is 9.89 Å². The average molecular weight is 480 g/mol. The van der Waals surface area contributed by atoms with Gasteiger partial charge < -0.3 is 15.4 Å². The number of hydrogen-bond donors (Lipinski definition) is 3. The topological polar surface area (TPSA) is 143 Å². The van der Waals surface area contributed by atoms with Crippen LogP contribution in [0.2, 0.25) is 5.02 Å². The number of methoxy groups -OCH3 is 1. The molecular weight excluding hydrogens is 466 g/mol. The Morgan fingerprint density at radius 1 is 1.15 bits per heavy atom. The fourth-order valence-corrected chi connectivity index (χ4v) is 3.81. The van der Waals surface area contributed by atoms with Crippen LogP contribution in [0.5, 0.6) is 6.01 Å². The van der Waals surface area contributed by atoms with E-state index < -0.39 is 5.91 Å². The lowest BCUT2D eigenvalue weighted by atomic mass is 10.2. The first-order chi connectivity index (χ1) is 16.1. The Balaban J connectivity index is 1.32. The lowest BCUT2D eigenvalue weighted by molar-refractivity contribution is 0.102. The Labute approximate surface area is 195 Å². The molecule has 0 fully saturated rings. The van der Waals surface area contributed by atoms with Crippen molar-refractivity contribution < 1.29 is 9.53 Å². The quantitative estimate of drug-likeness (QED) is 0.330. The van der Waals surface area contributed by atoms with Crippen LogP contribution in [0.1, 0.15) is 10.4 Å². The normalized spacial score (nSPS) is 10.8. The van der Waals surface area contributed by atoms with Crippen LogP contribution in [-0.2, 0) is 0 Å². The molecule has 3 N–H and O–H groups in total. The smallest absolute Gasteiger partial charge is 0.316 e. The van der Waals surface area contributed by atoms with Gasteiger partial charge in [-0.1, -0.05) is 11.6 Å². The molecule has 0 spiro atoms. The fraction of sp³-hybridized carbons (Fsp3) is 0.0500. The minimum Gasteiger partial charge on any atom is -0.467 e. The molecule has 1 aromatic carbocycles. The average Bonchev–Trinajstić information content (AvgIpc) is 3.51. The van der Waals surface area contributed by atoms with Crippen LogP contribution in [0.3, 0.4) is 0 Å². The number of benzene rings is 1. The number of amides is 1. The number of carbonyl (C=O) groups excluding carboxylic acids is 1. The zero-order valence-electron chi connectivity index (χ0n) is 16.9. The molecule has 164 valence electrons. The Bertz CT molecular complexity index is 1450. The highest BCUT2D eigenvalue weighted by Crippen LogP contribution is 2.33. The van der Waals surface area contributed by atoms with Crippen molar-refractivity contribution in [2.75, 3.05) is 17.7 Å². The predicted molar refractivity (Wildman–Crippen MR) is 124 cm³/mol. The number of fused-ring (bicyclic) bond motifs is 1. The van der Waals surface area contributed by atoms with Crippen LogP contribution in [0, 0.1) is 0 Å². The van der Waals surface area contributed by atoms with Crippen molar-refractivity contribution in [1.82, 2.24) is 34.5 Å². The van der Waals surface area contributed by atoms with Crippen LogP contribution < -0.4 is 15.4 Å². The van der Waals surface area contributed by atoms with Crippen LogP contribution in [-0.4, -0.2) is 47.5 Å². The fourth-order valence-electron chi connectivity index (χ4n) is 2.95. The first-order valence-corrected chi connectivity index (χ1v) is 10.6. The van der Waals surface area contributed by atoms with Crippen molar-refractivity contribution >= 4 is 56.6 Å². The first-order valence-electron chi connectivity index (χ1n) is 9.47. The summed E-state index contributed by atoms with van der Waals surface area (Å²) in [5, 5.41) is 14.7. The van der Waals surface area contributed by atoms with E-state index >= 15 is 0 Å². The molecule has 0 aliphatic rings. The number of anilines is 3. The summed E-state index contributed by atoms with van der Waals surface area (Å²) in [7, 11) is 1.45. The summed E-state index contributed by atoms with van der Waals surface area (Å²) in [6.45, 7) is 0. The molecule has 5 aromatic rings. The lowest BCUT2D eigenvalue weighted by Crippen LogP contribution is -2.13. The Kier molecular flexibility index (Phi) is 5.50. The Hall–Kier alpha value is -4.16. The minimum absolute atomic E-state index is 0.177. The van der Waals surface area contributed by atoms with Gasteiger partial charge in [0.2, 0.25) is 5.13 Å². The number of halogens is 1. The first kappa shape index (κ1) is 20.7. The van der Waals surface area contributed by atoms with Gasteiger partial charge >= 0.3 is 6.01 Å². The number of aromatic nitrogens is 7. The van der Waals surface area contributed by atoms with Gasteiger partial charge in [-0.05, 0) is 24.3 Å². The third kappa shape index (κ3) is 4.29. The highest BCUT2D eigenvalue weighted by molar-refractivity contribution is 7.10. The second-order valence-corrected chi connectivity index (χ2v) is 7.78. The standard InChI is InChI=1S/C20H14ClN9O2S/c1-32-19-23-7-11(8-24-19)18(31)27-15-6-10(4-5-22-15)17-28-20(33-30-17)26-14-3-2-13-12(16(14)21)9-25-29-13/h2-9H,1H3,(H,25,29)(H,22,27,31)(H,26,28,30). The van der Waals surface area contributed by atoms with Crippen molar-refractivity contribution in [1.29, 1.82) is 0 Å². The second kappa shape index (κ2) is 8.76. The van der Waals surface area contributed by atoms with Gasteiger partial charge in [0, 0.05) is 41.1 Å². The third-order valence-corrected chi connectivity index (χ3v) is 5.60. The van der Waals surface area contributed by atoms with Gasteiger partial charge in [0.25, 0.3) is 5.91 Å². The summed E-state index contributed by atoms with van der Waals surface area (Å²) in [6, 6.07) is 7.33. The summed E-state index contributed by atoms with van der Waals surface area (Å²) < 4.78 is 9.29. The van der Waals surface area contributed by atoms with Crippen LogP contribution >= 0.6 is 23.1 Å². The number of nitrogens with zero attached hydrogens (tertiary/aromatic N) is 6. The monoisotopic (exact) mass is 479 g/mol. The molecule has 0 atom stereocenters. The molecule has 13 heteroatoms. The van der Waals surface area contributed by atoms with Gasteiger partial charge in [0.1, 0.15) is 5.82 Å². The molecule has 0 bridgehead atoms. The Morgan fingerprint density at radius 3 is 2.82 bits per heavy atom. The summed E-state index contributed by atoms with van der Waals surface area (Å²) in [4.78, 5) is 29.0. The zero-order chi connectivity index (χ0) is 22.8. The maximum Gasteiger partial charge on any atom is 0.316 e. The van der Waals surface area contributed by atoms with Gasteiger partial charge in [-0.25, -0.2) is 15.0 Å². The van der Waals surface area contributed by atoms with Gasteiger partial charge in [0.05, 0.1) is 35.1 Å². The molecule has 11 nitrogen and oxygen atoms in total. The van der Waals surface area contributed by atoms with Crippen LogP contribution in [0.4, 0.5) is 16.6 Å². The van der Waals surface area contributed by atoms with E-state index in [-0.39, 0.29) is 11.6 Å². The summed E-state index contributed by atoms with van der Waals surface area (Å²) >= 11 is 7.65. The molecule has 0 aliphatic carbocycles. The molecule has 0 aliphatic heterocycles. The molecule has 33 heavy (non-hydrogen) atoms. The predicted octanol–water partition coefficient (Wildman–Crippen LogP) is 3.92. The van der Waals surface area contributed by atoms with E-state index in [1.54, 1.807) is 24.5 Å². The van der Waals surface area contributed by atoms with Crippen molar-refractivity contribution in [3.05, 3.63) is 59.6 Å². The molecule has 1 amide bonds. The Morgan fingerprint density at radius 2 is 2.00 bits per heavy atom. The number of aromatic amines is 1. The molecule has 0 radical (unpaired) electrons. The van der Waals surface area contributed by atoms with Crippen molar-refractivity contribution in [3.63, 3.8) is 0 Å². The molecule has 4 heterocycles. The zero-order valence-corrected chi connectivity index (χ0v) is 18.5. The van der Waals surface area contributed by atoms with E-state index in [2.05, 4.69) is 45.1 Å². The molecule has 0 saturated heterocycles. The van der Waals surface area contributed by atoms with E-state index in [0.29, 0.717) is 33.0 Å². The molecule has 4 aromatic heterocycles. The number of nitrogens with one attached hydrogen (secondary N) is 3. The van der Waals surface area contributed by atoms with Crippen molar-refractivity contribution in [2.45, 2.75) is 0 Å². The van der Waals surface area contributed by atoms with Crippen LogP contribution in [0.15, 0.2) is 49.1 Å². The highest BCUT2D eigenvalue weighted by atomic mass is 35.5. The van der Waals surface area contributed by atoms with Gasteiger partial charge in [-0.15, -0.1) is 0 Å². The number of pyridine rings is 1. The molecular formula is C20H14ClN9O2S. The van der Waals surface area contributed by atoms with E-state index in [1.807, 2.05) is 12.1 Å². The SMILES string of the molecule is COc1ncc(C(=O)Nc2cc(-c3nsc(Nc4ccc5[nH]ncc5c4Cl)n3)ccn2)cn1. The van der Waals surface area contributed by atoms with E-state index in [0.717, 1.165) is 10.9 Å². The lowest BCUT2D eigenvalue weighted by Gasteiger charge is -2.06. The van der Waals surface area contributed by atoms with E-state index in [9.17, 15) is 4.79 Å². The second-order valence-electron chi connectivity index (χ2n) is 6.65.